The second kappa shape index (κ2) is 7.18. The van der Waals surface area contributed by atoms with Gasteiger partial charge in [0, 0.05) is 28.4 Å². The number of hydrogen-bond donors (Lipinski definition) is 1. The molecule has 2 atom stereocenters. The van der Waals surface area contributed by atoms with Crippen LogP contribution in [0.15, 0.2) is 72.8 Å². The highest BCUT2D eigenvalue weighted by Gasteiger charge is 2.67. The Balaban J connectivity index is 1.57. The van der Waals surface area contributed by atoms with Gasteiger partial charge in [-0.2, -0.15) is 0 Å². The predicted octanol–water partition coefficient (Wildman–Crippen LogP) is 5.45. The van der Waals surface area contributed by atoms with Crippen LogP contribution < -0.4 is 9.62 Å². The van der Waals surface area contributed by atoms with Gasteiger partial charge in [0.15, 0.2) is 0 Å². The summed E-state index contributed by atoms with van der Waals surface area (Å²) < 4.78 is 2.74. The molecule has 0 bridgehead atoms. The number of halogens is 1. The molecule has 1 saturated carbocycles. The van der Waals surface area contributed by atoms with Gasteiger partial charge in [-0.15, -0.1) is 0 Å². The Bertz CT molecular complexity index is 1160. The number of carbonyl (C=O) groups excluding carboxylic acids is 2. The van der Waals surface area contributed by atoms with E-state index in [1.54, 1.807) is 23.3 Å². The van der Waals surface area contributed by atoms with E-state index in [0.717, 1.165) is 23.2 Å². The molecule has 1 unspecified atom stereocenters. The van der Waals surface area contributed by atoms with Gasteiger partial charge >= 0.3 is 0 Å². The second-order valence-corrected chi connectivity index (χ2v) is 8.67. The topological polar surface area (TPSA) is 49.4 Å². The molecule has 1 heterocycles. The Labute approximate surface area is 184 Å². The molecule has 2 amide bonds. The van der Waals surface area contributed by atoms with Crippen LogP contribution in [0.5, 0.6) is 0 Å². The van der Waals surface area contributed by atoms with Gasteiger partial charge in [0.1, 0.15) is 0 Å². The molecule has 30 heavy (non-hydrogen) atoms. The molecule has 3 aromatic carbocycles. The van der Waals surface area contributed by atoms with Crippen LogP contribution in [0.25, 0.3) is 0 Å². The Morgan fingerprint density at radius 1 is 1.10 bits per heavy atom. The van der Waals surface area contributed by atoms with Crippen molar-refractivity contribution in [2.24, 2.45) is 0 Å². The van der Waals surface area contributed by atoms with Crippen molar-refractivity contribution in [2.45, 2.75) is 17.8 Å². The number of benzene rings is 3. The third-order valence-corrected chi connectivity index (χ3v) is 6.65. The summed E-state index contributed by atoms with van der Waals surface area (Å²) in [6, 6.07) is 22.9. The van der Waals surface area contributed by atoms with Gasteiger partial charge in [-0.3, -0.25) is 19.2 Å². The minimum Gasteiger partial charge on any atom is -0.296 e. The average molecular weight is 435 g/mol. The summed E-state index contributed by atoms with van der Waals surface area (Å²) in [5, 5.41) is 0.688. The maximum atomic E-state index is 13.8. The van der Waals surface area contributed by atoms with E-state index in [-0.39, 0.29) is 17.7 Å². The van der Waals surface area contributed by atoms with Crippen LogP contribution >= 0.6 is 23.5 Å². The van der Waals surface area contributed by atoms with Crippen molar-refractivity contribution in [2.75, 3.05) is 11.2 Å². The average Bonchev–Trinajstić information content (AvgIpc) is 3.46. The molecule has 1 fully saturated rings. The number of fused-ring (bicyclic) bond motifs is 2. The first-order valence-electron chi connectivity index (χ1n) is 9.69. The van der Waals surface area contributed by atoms with Crippen LogP contribution in [0.1, 0.15) is 33.8 Å². The summed E-state index contributed by atoms with van der Waals surface area (Å²) in [4.78, 5) is 27.9. The zero-order valence-electron chi connectivity index (χ0n) is 16.3. The van der Waals surface area contributed by atoms with Gasteiger partial charge in [0.05, 0.1) is 11.1 Å². The maximum Gasteiger partial charge on any atom is 0.261 e. The highest BCUT2D eigenvalue weighted by Crippen LogP contribution is 2.67. The predicted molar refractivity (Wildman–Crippen MR) is 121 cm³/mol. The third kappa shape index (κ3) is 2.84. The smallest absolute Gasteiger partial charge is 0.261 e. The molecule has 4 nitrogen and oxygen atoms in total. The van der Waals surface area contributed by atoms with Gasteiger partial charge in [0.2, 0.25) is 5.91 Å². The van der Waals surface area contributed by atoms with Crippen molar-refractivity contribution >= 4 is 46.7 Å². The van der Waals surface area contributed by atoms with E-state index in [4.69, 9.17) is 11.6 Å². The second-order valence-electron chi connectivity index (χ2n) is 7.62. The zero-order valence-corrected chi connectivity index (χ0v) is 17.8. The molecule has 1 spiro atoms. The summed E-state index contributed by atoms with van der Waals surface area (Å²) >= 11 is 7.31. The molecule has 1 N–H and O–H groups in total. The Morgan fingerprint density at radius 3 is 2.63 bits per heavy atom. The van der Waals surface area contributed by atoms with Crippen LogP contribution in [-0.4, -0.2) is 18.1 Å². The van der Waals surface area contributed by atoms with E-state index in [9.17, 15) is 9.59 Å². The molecule has 3 aromatic rings. The lowest BCUT2D eigenvalue weighted by atomic mass is 9.92. The highest BCUT2D eigenvalue weighted by molar-refractivity contribution is 7.97. The van der Waals surface area contributed by atoms with Gasteiger partial charge < -0.3 is 0 Å². The molecule has 1 aliphatic heterocycles. The van der Waals surface area contributed by atoms with Crippen molar-refractivity contribution < 1.29 is 9.59 Å². The number of anilines is 2. The van der Waals surface area contributed by atoms with Crippen LogP contribution in [0, 0.1) is 0 Å². The SMILES string of the molecule is CSNC(=O)c1cccc(N2C(=O)[C@@]3(CC3c3ccc(Cl)cc3)c3ccccc32)c1. The number of hydrogen-bond acceptors (Lipinski definition) is 3. The van der Waals surface area contributed by atoms with Gasteiger partial charge in [0.25, 0.3) is 5.91 Å². The number of amides is 2. The lowest BCUT2D eigenvalue weighted by Gasteiger charge is -2.19. The quantitative estimate of drug-likeness (QED) is 0.555. The van der Waals surface area contributed by atoms with E-state index in [2.05, 4.69) is 4.72 Å². The molecule has 0 saturated heterocycles. The summed E-state index contributed by atoms with van der Waals surface area (Å²) in [6.45, 7) is 0. The lowest BCUT2D eigenvalue weighted by Crippen LogP contribution is -2.29. The molecular formula is C24H19ClN2O2S. The first kappa shape index (κ1) is 19.2. The van der Waals surface area contributed by atoms with Crippen molar-refractivity contribution in [3.05, 3.63) is 94.5 Å². The third-order valence-electron chi connectivity index (χ3n) is 6.00. The van der Waals surface area contributed by atoms with Crippen molar-refractivity contribution in [1.29, 1.82) is 0 Å². The Morgan fingerprint density at radius 2 is 1.87 bits per heavy atom. The van der Waals surface area contributed by atoms with E-state index < -0.39 is 5.41 Å². The zero-order chi connectivity index (χ0) is 20.9. The first-order chi connectivity index (χ1) is 14.6. The summed E-state index contributed by atoms with van der Waals surface area (Å²) in [7, 11) is 0. The fourth-order valence-corrected chi connectivity index (χ4v) is 4.99. The summed E-state index contributed by atoms with van der Waals surface area (Å²) in [6.07, 6.45) is 2.57. The van der Waals surface area contributed by atoms with Crippen LogP contribution in [0.4, 0.5) is 11.4 Å². The number of carbonyl (C=O) groups is 2. The molecule has 150 valence electrons. The molecule has 0 radical (unpaired) electrons. The van der Waals surface area contributed by atoms with E-state index in [1.165, 1.54) is 11.9 Å². The summed E-state index contributed by atoms with van der Waals surface area (Å²) in [5.41, 5.74) is 3.74. The van der Waals surface area contributed by atoms with Crippen LogP contribution in [0.3, 0.4) is 0 Å². The van der Waals surface area contributed by atoms with Crippen LogP contribution in [0.2, 0.25) is 5.02 Å². The van der Waals surface area contributed by atoms with E-state index in [1.807, 2.05) is 60.7 Å². The largest absolute Gasteiger partial charge is 0.296 e. The molecule has 1 aliphatic carbocycles. The number of para-hydroxylation sites is 1. The molecule has 5 rings (SSSR count). The summed E-state index contributed by atoms with van der Waals surface area (Å²) in [5.74, 6) is 0.00641. The number of nitrogens with one attached hydrogen (secondary N) is 1. The lowest BCUT2D eigenvalue weighted by molar-refractivity contribution is -0.119. The fraction of sp³-hybridized carbons (Fsp3) is 0.167. The monoisotopic (exact) mass is 434 g/mol. The van der Waals surface area contributed by atoms with Crippen LogP contribution in [-0.2, 0) is 10.2 Å². The van der Waals surface area contributed by atoms with Crippen molar-refractivity contribution in [1.82, 2.24) is 4.72 Å². The van der Waals surface area contributed by atoms with E-state index >= 15 is 0 Å². The van der Waals surface area contributed by atoms with Gasteiger partial charge in [-0.1, -0.05) is 59.9 Å². The number of nitrogens with zero attached hydrogens (tertiary/aromatic N) is 1. The first-order valence-corrected chi connectivity index (χ1v) is 11.3. The minimum absolute atomic E-state index is 0.0612. The Kier molecular flexibility index (Phi) is 4.60. The Hall–Kier alpha value is -2.76. The normalized spacial score (nSPS) is 21.6. The van der Waals surface area contributed by atoms with Gasteiger partial charge in [-0.05, 0) is 53.9 Å². The minimum atomic E-state index is -0.554. The molecule has 6 heteroatoms. The van der Waals surface area contributed by atoms with E-state index in [0.29, 0.717) is 16.3 Å². The van der Waals surface area contributed by atoms with Crippen molar-refractivity contribution in [3.63, 3.8) is 0 Å². The molecule has 2 aliphatic rings. The fourth-order valence-electron chi connectivity index (χ4n) is 4.56. The molecule has 0 aromatic heterocycles. The standard InChI is InChI=1S/C24H19ClN2O2S/c1-30-26-22(28)16-5-4-6-18(13-16)27-21-8-3-2-7-19(21)24(23(27)29)14-20(24)15-9-11-17(25)12-10-15/h2-13,20H,14H2,1H3,(H,26,28)/t20?,24-/m0/s1. The maximum absolute atomic E-state index is 13.8. The van der Waals surface area contributed by atoms with Crippen molar-refractivity contribution in [3.8, 4) is 0 Å². The highest BCUT2D eigenvalue weighted by atomic mass is 35.5. The molecular weight excluding hydrogens is 416 g/mol. The van der Waals surface area contributed by atoms with Gasteiger partial charge in [-0.25, -0.2) is 0 Å². The number of rotatable bonds is 4.